The van der Waals surface area contributed by atoms with Gasteiger partial charge in [0.25, 0.3) is 0 Å². The van der Waals surface area contributed by atoms with E-state index in [0.29, 0.717) is 5.13 Å². The van der Waals surface area contributed by atoms with E-state index in [9.17, 15) is 13.2 Å². The van der Waals surface area contributed by atoms with Crippen LogP contribution in [0.25, 0.3) is 0 Å². The Morgan fingerprint density at radius 2 is 2.00 bits per heavy atom. The van der Waals surface area contributed by atoms with Crippen LogP contribution in [0.5, 0.6) is 0 Å². The van der Waals surface area contributed by atoms with E-state index in [0.717, 1.165) is 43.4 Å². The van der Waals surface area contributed by atoms with Crippen molar-refractivity contribution in [3.8, 4) is 0 Å². The summed E-state index contributed by atoms with van der Waals surface area (Å²) in [4.78, 5) is 7.39. The van der Waals surface area contributed by atoms with E-state index >= 15 is 0 Å². The smallest absolute Gasteiger partial charge is 0.375 e. The number of aromatic nitrogens is 3. The number of nitrogens with zero attached hydrogens (tertiary/aromatic N) is 4. The van der Waals surface area contributed by atoms with Crippen molar-refractivity contribution in [2.45, 2.75) is 31.6 Å². The van der Waals surface area contributed by atoms with E-state index in [-0.39, 0.29) is 18.4 Å². The van der Waals surface area contributed by atoms with Gasteiger partial charge >= 0.3 is 6.18 Å². The maximum Gasteiger partial charge on any atom is 0.435 e. The van der Waals surface area contributed by atoms with Crippen LogP contribution >= 0.6 is 23.7 Å². The highest BCUT2D eigenvalue weighted by Gasteiger charge is 2.34. The summed E-state index contributed by atoms with van der Waals surface area (Å²) in [6, 6.07) is 1.06. The highest BCUT2D eigenvalue weighted by atomic mass is 35.5. The van der Waals surface area contributed by atoms with Gasteiger partial charge in [-0.05, 0) is 18.9 Å². The maximum absolute atomic E-state index is 12.6. The van der Waals surface area contributed by atoms with Gasteiger partial charge in [-0.2, -0.15) is 18.3 Å². The molecular formula is C13H17ClF3N5S. The molecule has 10 heteroatoms. The topological polar surface area (TPSA) is 60.0 Å². The van der Waals surface area contributed by atoms with Gasteiger partial charge < -0.3 is 5.73 Å². The molecule has 5 nitrogen and oxygen atoms in total. The number of hydrogen-bond donors (Lipinski definition) is 1. The number of likely N-dealkylation sites (tertiary alicyclic amines) is 1. The molecule has 0 bridgehead atoms. The molecule has 2 aromatic rings. The molecule has 0 spiro atoms. The Morgan fingerprint density at radius 3 is 2.52 bits per heavy atom. The molecule has 0 unspecified atom stereocenters. The third kappa shape index (κ3) is 4.36. The Balaban J connectivity index is 0.00000192. The van der Waals surface area contributed by atoms with Crippen LogP contribution in [-0.2, 0) is 12.7 Å². The Labute approximate surface area is 141 Å². The fraction of sp³-hybridized carbons (Fsp3) is 0.538. The van der Waals surface area contributed by atoms with Crippen LogP contribution in [0.15, 0.2) is 18.5 Å². The maximum atomic E-state index is 12.6. The molecule has 0 aromatic carbocycles. The zero-order valence-corrected chi connectivity index (χ0v) is 13.8. The zero-order valence-electron chi connectivity index (χ0n) is 12.2. The van der Waals surface area contributed by atoms with Crippen LogP contribution in [-0.4, -0.2) is 32.8 Å². The first-order valence-corrected chi connectivity index (χ1v) is 7.78. The van der Waals surface area contributed by atoms with Crippen molar-refractivity contribution < 1.29 is 13.2 Å². The summed E-state index contributed by atoms with van der Waals surface area (Å²) >= 11 is 1.47. The largest absolute Gasteiger partial charge is 0.435 e. The Morgan fingerprint density at radius 1 is 1.30 bits per heavy atom. The molecule has 0 aliphatic carbocycles. The second-order valence-corrected chi connectivity index (χ2v) is 6.50. The fourth-order valence-corrected chi connectivity index (χ4v) is 3.38. The SMILES string of the molecule is Cl.Nc1ncc(CN2CCC(n3ccc(C(F)(F)F)n3)CC2)s1. The fourth-order valence-electron chi connectivity index (χ4n) is 2.65. The Kier molecular flexibility index (Phi) is 5.53. The average Bonchev–Trinajstić information content (AvgIpc) is 3.08. The molecule has 128 valence electrons. The highest BCUT2D eigenvalue weighted by molar-refractivity contribution is 7.15. The van der Waals surface area contributed by atoms with Gasteiger partial charge in [0.15, 0.2) is 10.8 Å². The first-order valence-electron chi connectivity index (χ1n) is 6.97. The molecule has 23 heavy (non-hydrogen) atoms. The highest BCUT2D eigenvalue weighted by Crippen LogP contribution is 2.30. The first kappa shape index (κ1) is 18.0. The number of nitrogen functional groups attached to an aromatic ring is 1. The van der Waals surface area contributed by atoms with E-state index < -0.39 is 11.9 Å². The predicted octanol–water partition coefficient (Wildman–Crippen LogP) is 3.20. The second-order valence-electron chi connectivity index (χ2n) is 5.35. The molecule has 1 fully saturated rings. The lowest BCUT2D eigenvalue weighted by Crippen LogP contribution is -2.34. The minimum absolute atomic E-state index is 0. The standard InChI is InChI=1S/C13H16F3N5S.ClH/c14-13(15,16)11-3-6-21(19-11)9-1-4-20(5-2-9)8-10-7-18-12(17)22-10;/h3,6-7,9H,1-2,4-5,8H2,(H2,17,18);1H. The van der Waals surface area contributed by atoms with E-state index in [1.54, 1.807) is 6.20 Å². The molecule has 0 amide bonds. The van der Waals surface area contributed by atoms with E-state index in [1.165, 1.54) is 22.2 Å². The summed E-state index contributed by atoms with van der Waals surface area (Å²) in [5.74, 6) is 0. The lowest BCUT2D eigenvalue weighted by Gasteiger charge is -2.31. The van der Waals surface area contributed by atoms with Crippen LogP contribution in [0.2, 0.25) is 0 Å². The number of alkyl halides is 3. The van der Waals surface area contributed by atoms with Crippen LogP contribution in [0.4, 0.5) is 18.3 Å². The summed E-state index contributed by atoms with van der Waals surface area (Å²) < 4.78 is 39.2. The van der Waals surface area contributed by atoms with E-state index in [4.69, 9.17) is 5.73 Å². The van der Waals surface area contributed by atoms with Crippen molar-refractivity contribution in [3.63, 3.8) is 0 Å². The minimum atomic E-state index is -4.38. The van der Waals surface area contributed by atoms with Crippen LogP contribution in [0.1, 0.15) is 29.5 Å². The number of thiazole rings is 1. The Bertz CT molecular complexity index is 634. The number of nitrogens with two attached hydrogens (primary N) is 1. The van der Waals surface area contributed by atoms with Crippen molar-refractivity contribution in [3.05, 3.63) is 29.0 Å². The summed E-state index contributed by atoms with van der Waals surface area (Å²) in [6.45, 7) is 2.43. The number of hydrogen-bond acceptors (Lipinski definition) is 5. The molecule has 0 saturated carbocycles. The van der Waals surface area contributed by atoms with Gasteiger partial charge in [0.2, 0.25) is 0 Å². The number of piperidine rings is 1. The normalized spacial score (nSPS) is 17.2. The summed E-state index contributed by atoms with van der Waals surface area (Å²) in [5.41, 5.74) is 4.78. The lowest BCUT2D eigenvalue weighted by atomic mass is 10.1. The van der Waals surface area contributed by atoms with E-state index in [2.05, 4.69) is 15.0 Å². The summed E-state index contributed by atoms with van der Waals surface area (Å²) in [6.07, 6.45) is 0.390. The van der Waals surface area contributed by atoms with Gasteiger partial charge in [-0.15, -0.1) is 23.7 Å². The number of anilines is 1. The first-order chi connectivity index (χ1) is 10.4. The third-order valence-corrected chi connectivity index (χ3v) is 4.59. The molecule has 3 heterocycles. The van der Waals surface area contributed by atoms with Crippen molar-refractivity contribution in [2.75, 3.05) is 18.8 Å². The number of halogens is 4. The molecule has 1 aliphatic rings. The van der Waals surface area contributed by atoms with Gasteiger partial charge in [-0.25, -0.2) is 4.98 Å². The van der Waals surface area contributed by atoms with Crippen molar-refractivity contribution in [1.82, 2.24) is 19.7 Å². The van der Waals surface area contributed by atoms with Crippen molar-refractivity contribution in [2.24, 2.45) is 0 Å². The lowest BCUT2D eigenvalue weighted by molar-refractivity contribution is -0.141. The molecular weight excluding hydrogens is 351 g/mol. The van der Waals surface area contributed by atoms with Gasteiger partial charge in [0.05, 0.1) is 6.04 Å². The van der Waals surface area contributed by atoms with Gasteiger partial charge in [-0.3, -0.25) is 9.58 Å². The molecule has 2 aromatic heterocycles. The monoisotopic (exact) mass is 367 g/mol. The quantitative estimate of drug-likeness (QED) is 0.905. The number of rotatable bonds is 3. The van der Waals surface area contributed by atoms with Gasteiger partial charge in [0.1, 0.15) is 0 Å². The summed E-state index contributed by atoms with van der Waals surface area (Å²) in [7, 11) is 0. The predicted molar refractivity (Wildman–Crippen MR) is 84.6 cm³/mol. The van der Waals surface area contributed by atoms with E-state index in [1.807, 2.05) is 0 Å². The average molecular weight is 368 g/mol. The molecule has 1 saturated heterocycles. The van der Waals surface area contributed by atoms with Gasteiger partial charge in [-0.1, -0.05) is 0 Å². The van der Waals surface area contributed by atoms with Crippen LogP contribution < -0.4 is 5.73 Å². The molecule has 1 aliphatic heterocycles. The second kappa shape index (κ2) is 7.06. The zero-order chi connectivity index (χ0) is 15.7. The minimum Gasteiger partial charge on any atom is -0.375 e. The van der Waals surface area contributed by atoms with Crippen LogP contribution in [0.3, 0.4) is 0 Å². The Hall–Kier alpha value is -1.32. The van der Waals surface area contributed by atoms with Crippen LogP contribution in [0, 0.1) is 0 Å². The summed E-state index contributed by atoms with van der Waals surface area (Å²) in [5, 5.41) is 4.22. The molecule has 0 atom stereocenters. The molecule has 0 radical (unpaired) electrons. The van der Waals surface area contributed by atoms with Gasteiger partial charge in [0, 0.05) is 36.9 Å². The van der Waals surface area contributed by atoms with Crippen molar-refractivity contribution >= 4 is 28.9 Å². The third-order valence-electron chi connectivity index (χ3n) is 3.78. The molecule has 2 N–H and O–H groups in total. The molecule has 3 rings (SSSR count). The van der Waals surface area contributed by atoms with Crippen molar-refractivity contribution in [1.29, 1.82) is 0 Å².